The van der Waals surface area contributed by atoms with Crippen LogP contribution in [0.15, 0.2) is 36.7 Å². The van der Waals surface area contributed by atoms with E-state index in [9.17, 15) is 4.79 Å². The fraction of sp³-hybridized carbons (Fsp3) is 0.350. The van der Waals surface area contributed by atoms with E-state index in [0.717, 1.165) is 51.8 Å². The highest BCUT2D eigenvalue weighted by molar-refractivity contribution is 7.20. The minimum atomic E-state index is -0.00877. The minimum absolute atomic E-state index is 0.00877. The molecule has 3 heterocycles. The Morgan fingerprint density at radius 3 is 2.85 bits per heavy atom. The molecule has 134 valence electrons. The minimum Gasteiger partial charge on any atom is -0.376 e. The number of nitrogens with one attached hydrogen (secondary N) is 2. The molecule has 0 spiro atoms. The number of H-pyrrole nitrogens is 1. The Hall–Kier alpha value is -2.47. The molecular weight excluding hydrogens is 344 g/mol. The molecule has 6 heteroatoms. The van der Waals surface area contributed by atoms with Crippen LogP contribution >= 0.6 is 11.3 Å². The molecule has 0 fully saturated rings. The lowest BCUT2D eigenvalue weighted by Gasteiger charge is -2.29. The smallest absolute Gasteiger partial charge is 0.166 e. The van der Waals surface area contributed by atoms with Crippen LogP contribution in [0.2, 0.25) is 0 Å². The Morgan fingerprint density at radius 1 is 1.23 bits per heavy atom. The second-order valence-corrected chi connectivity index (χ2v) is 8.54. The van der Waals surface area contributed by atoms with Gasteiger partial charge in [-0.05, 0) is 35.6 Å². The van der Waals surface area contributed by atoms with Gasteiger partial charge in [-0.3, -0.25) is 14.9 Å². The molecule has 0 unspecified atom stereocenters. The van der Waals surface area contributed by atoms with Crippen LogP contribution in [0.4, 0.5) is 5.00 Å². The number of hydrogen-bond acceptors (Lipinski definition) is 5. The number of fused-ring (bicyclic) bond motifs is 1. The van der Waals surface area contributed by atoms with Gasteiger partial charge in [-0.15, -0.1) is 11.3 Å². The summed E-state index contributed by atoms with van der Waals surface area (Å²) in [6.45, 7) is 5.08. The lowest BCUT2D eigenvalue weighted by Crippen LogP contribution is -2.27. The molecule has 4 rings (SSSR count). The summed E-state index contributed by atoms with van der Waals surface area (Å²) in [6, 6.07) is 7.91. The third-order valence-electron chi connectivity index (χ3n) is 4.72. The van der Waals surface area contributed by atoms with Gasteiger partial charge in [0.15, 0.2) is 5.78 Å². The fourth-order valence-corrected chi connectivity index (χ4v) is 4.81. The lowest BCUT2D eigenvalue weighted by molar-refractivity contribution is 0.0914. The van der Waals surface area contributed by atoms with E-state index in [2.05, 4.69) is 34.3 Å². The second-order valence-electron chi connectivity index (χ2n) is 7.52. The van der Waals surface area contributed by atoms with Crippen molar-refractivity contribution >= 4 is 22.1 Å². The monoisotopic (exact) mass is 366 g/mol. The van der Waals surface area contributed by atoms with Crippen LogP contribution in [0.1, 0.15) is 41.9 Å². The van der Waals surface area contributed by atoms with Crippen molar-refractivity contribution in [1.82, 2.24) is 15.2 Å². The van der Waals surface area contributed by atoms with Crippen molar-refractivity contribution in [1.29, 1.82) is 0 Å². The summed E-state index contributed by atoms with van der Waals surface area (Å²) in [5, 5.41) is 11.6. The molecular formula is C20H22N4OS. The summed E-state index contributed by atoms with van der Waals surface area (Å²) in [6.07, 6.45) is 5.89. The summed E-state index contributed by atoms with van der Waals surface area (Å²) in [5.41, 5.74) is 4.05. The zero-order chi connectivity index (χ0) is 18.1. The maximum atomic E-state index is 12.9. The third-order valence-corrected chi connectivity index (χ3v) is 5.94. The van der Waals surface area contributed by atoms with E-state index in [1.807, 2.05) is 30.5 Å². The number of nitrogens with zero attached hydrogens (tertiary/aromatic N) is 2. The molecule has 3 aromatic rings. The average molecular weight is 366 g/mol. The maximum Gasteiger partial charge on any atom is 0.166 e. The third kappa shape index (κ3) is 3.29. The number of aromatic nitrogens is 3. The van der Waals surface area contributed by atoms with E-state index in [0.29, 0.717) is 6.42 Å². The predicted molar refractivity (Wildman–Crippen MR) is 105 cm³/mol. The zero-order valence-electron chi connectivity index (χ0n) is 15.0. The fourth-order valence-electron chi connectivity index (χ4n) is 3.57. The Morgan fingerprint density at radius 2 is 2.12 bits per heavy atom. The van der Waals surface area contributed by atoms with Gasteiger partial charge in [0, 0.05) is 37.5 Å². The number of Topliss-reactive ketones (excluding diaryl/α,β-unsaturated/α-hetero) is 1. The van der Waals surface area contributed by atoms with Crippen molar-refractivity contribution in [2.24, 2.45) is 5.41 Å². The number of carbonyl (C=O) groups excluding carboxylic acids is 1. The molecule has 26 heavy (non-hydrogen) atoms. The van der Waals surface area contributed by atoms with Crippen LogP contribution in [-0.4, -0.2) is 27.5 Å². The van der Waals surface area contributed by atoms with Gasteiger partial charge in [0.25, 0.3) is 0 Å². The highest BCUT2D eigenvalue weighted by atomic mass is 32.1. The number of carbonyl (C=O) groups is 1. The highest BCUT2D eigenvalue weighted by Crippen LogP contribution is 2.47. The van der Waals surface area contributed by atoms with Crippen LogP contribution in [0.25, 0.3) is 10.6 Å². The first-order valence-electron chi connectivity index (χ1n) is 8.86. The van der Waals surface area contributed by atoms with Gasteiger partial charge < -0.3 is 5.32 Å². The number of hydrogen-bond donors (Lipinski definition) is 2. The first kappa shape index (κ1) is 17.0. The number of pyridine rings is 1. The van der Waals surface area contributed by atoms with Crippen molar-refractivity contribution in [2.75, 3.05) is 11.9 Å². The van der Waals surface area contributed by atoms with Crippen molar-refractivity contribution in [3.05, 3.63) is 53.5 Å². The van der Waals surface area contributed by atoms with Crippen LogP contribution in [0.5, 0.6) is 0 Å². The van der Waals surface area contributed by atoms with Crippen LogP contribution in [0, 0.1) is 5.41 Å². The van der Waals surface area contributed by atoms with E-state index in [4.69, 9.17) is 0 Å². The van der Waals surface area contributed by atoms with Crippen LogP contribution in [-0.2, 0) is 12.8 Å². The largest absolute Gasteiger partial charge is 0.376 e. The topological polar surface area (TPSA) is 70.7 Å². The van der Waals surface area contributed by atoms with Gasteiger partial charge >= 0.3 is 0 Å². The number of thiophene rings is 1. The number of anilines is 1. The number of rotatable bonds is 5. The molecule has 3 aromatic heterocycles. The first-order valence-corrected chi connectivity index (χ1v) is 9.67. The molecule has 0 aromatic carbocycles. The highest BCUT2D eigenvalue weighted by Gasteiger charge is 2.36. The van der Waals surface area contributed by atoms with Gasteiger partial charge in [-0.1, -0.05) is 19.9 Å². The number of aromatic amines is 1. The normalized spacial score (nSPS) is 15.7. The van der Waals surface area contributed by atoms with E-state index in [1.54, 1.807) is 17.5 Å². The zero-order valence-corrected chi connectivity index (χ0v) is 15.8. The molecule has 1 aliphatic rings. The van der Waals surface area contributed by atoms with E-state index in [-0.39, 0.29) is 11.2 Å². The second kappa shape index (κ2) is 6.68. The molecule has 0 amide bonds. The number of ketones is 1. The van der Waals surface area contributed by atoms with E-state index >= 15 is 0 Å². The van der Waals surface area contributed by atoms with E-state index < -0.39 is 0 Å². The summed E-state index contributed by atoms with van der Waals surface area (Å²) in [7, 11) is 0. The molecule has 0 aliphatic heterocycles. The SMILES string of the molecule is CC1(C)CC(=O)c2c(NCCc3ccccn3)sc(-c3ccn[nH]3)c2C1. The Bertz CT molecular complexity index is 913. The Labute approximate surface area is 156 Å². The van der Waals surface area contributed by atoms with Gasteiger partial charge in [0.1, 0.15) is 5.00 Å². The summed E-state index contributed by atoms with van der Waals surface area (Å²) in [4.78, 5) is 18.4. The first-order chi connectivity index (χ1) is 12.5. The van der Waals surface area contributed by atoms with Crippen molar-refractivity contribution < 1.29 is 4.79 Å². The molecule has 0 atom stereocenters. The van der Waals surface area contributed by atoms with Crippen molar-refractivity contribution in [3.8, 4) is 10.6 Å². The summed E-state index contributed by atoms with van der Waals surface area (Å²) < 4.78 is 0. The maximum absolute atomic E-state index is 12.9. The molecule has 2 N–H and O–H groups in total. The van der Waals surface area contributed by atoms with Crippen molar-refractivity contribution in [2.45, 2.75) is 33.1 Å². The predicted octanol–water partition coefficient (Wildman–Crippen LogP) is 4.34. The Kier molecular flexibility index (Phi) is 4.36. The standard InChI is InChI=1S/C20H22N4OS/c1-20(2)11-14-17(16(25)12-20)19(26-18(14)15-7-10-23-24-15)22-9-6-13-5-3-4-8-21-13/h3-5,7-8,10,22H,6,9,11-12H2,1-2H3,(H,23,24). The average Bonchev–Trinajstić information content (AvgIpc) is 3.23. The summed E-state index contributed by atoms with van der Waals surface area (Å²) >= 11 is 1.65. The van der Waals surface area contributed by atoms with Gasteiger partial charge in [0.05, 0.1) is 16.1 Å². The molecule has 1 aliphatic carbocycles. The molecule has 0 bridgehead atoms. The molecule has 0 radical (unpaired) electrons. The van der Waals surface area contributed by atoms with Crippen LogP contribution in [0.3, 0.4) is 0 Å². The quantitative estimate of drug-likeness (QED) is 0.704. The van der Waals surface area contributed by atoms with Crippen molar-refractivity contribution in [3.63, 3.8) is 0 Å². The Balaban J connectivity index is 1.64. The molecule has 5 nitrogen and oxygen atoms in total. The van der Waals surface area contributed by atoms with E-state index in [1.165, 1.54) is 0 Å². The van der Waals surface area contributed by atoms with Gasteiger partial charge in [-0.25, -0.2) is 0 Å². The lowest BCUT2D eigenvalue weighted by atomic mass is 9.74. The molecule has 0 saturated heterocycles. The summed E-state index contributed by atoms with van der Waals surface area (Å²) in [5.74, 6) is 0.235. The van der Waals surface area contributed by atoms with Gasteiger partial charge in [-0.2, -0.15) is 5.10 Å². The van der Waals surface area contributed by atoms with Crippen LogP contribution < -0.4 is 5.32 Å². The molecule has 0 saturated carbocycles. The van der Waals surface area contributed by atoms with Gasteiger partial charge in [0.2, 0.25) is 0 Å².